The monoisotopic (exact) mass is 350 g/mol. The zero-order valence-corrected chi connectivity index (χ0v) is 11.5. The fraction of sp³-hybridized carbons (Fsp3) is 0.364. The number of unbranched alkanes of at least 4 members (excludes halogenated alkanes) is 1. The molecule has 0 radical (unpaired) electrons. The van der Waals surface area contributed by atoms with E-state index < -0.39 is 11.9 Å². The number of carbonyl (C=O) groups excluding carboxylic acids is 1. The zero-order chi connectivity index (χ0) is 12.7. The molecule has 0 aromatic heterocycles. The number of carboxylic acids is 1. The number of nitrogens with zero attached hydrogens (tertiary/aromatic N) is 1. The minimum atomic E-state index is -0.759. The number of nitrogens with two attached hydrogens (primary N) is 1. The van der Waals surface area contributed by atoms with Gasteiger partial charge >= 0.3 is 110 Å². The molecule has 1 heterocycles. The van der Waals surface area contributed by atoms with Gasteiger partial charge in [-0.15, -0.1) is 0 Å². The van der Waals surface area contributed by atoms with Gasteiger partial charge in [-0.3, -0.25) is 0 Å². The quantitative estimate of drug-likeness (QED) is 0.310. The van der Waals surface area contributed by atoms with Crippen molar-refractivity contribution in [2.24, 2.45) is 5.73 Å². The summed E-state index contributed by atoms with van der Waals surface area (Å²) < 4.78 is 5.95. The van der Waals surface area contributed by atoms with Gasteiger partial charge in [-0.1, -0.05) is 0 Å². The molecule has 6 heteroatoms. The number of rotatable bonds is 6. The fourth-order valence-corrected chi connectivity index (χ4v) is 3.18. The first kappa shape index (κ1) is 13.9. The first-order chi connectivity index (χ1) is 8.09. The molecule has 17 heavy (non-hydrogen) atoms. The van der Waals surface area contributed by atoms with E-state index in [9.17, 15) is 9.59 Å². The van der Waals surface area contributed by atoms with E-state index in [-0.39, 0.29) is 27.6 Å². The number of carboxylic acid groups (broad SMARTS) is 1. The second-order valence-corrected chi connectivity index (χ2v) is 5.46. The topological polar surface area (TPSA) is 83.4 Å². The number of primary amides is 1. The van der Waals surface area contributed by atoms with E-state index in [0.29, 0.717) is 12.0 Å². The molecule has 0 aromatic carbocycles. The van der Waals surface area contributed by atoms with Crippen molar-refractivity contribution in [3.05, 3.63) is 21.9 Å². The van der Waals surface area contributed by atoms with Crippen LogP contribution in [0, 0.1) is 0 Å². The predicted molar refractivity (Wildman–Crippen MR) is 59.1 cm³/mol. The molecule has 0 saturated heterocycles. The van der Waals surface area contributed by atoms with Crippen molar-refractivity contribution < 1.29 is 40.5 Å². The van der Waals surface area contributed by atoms with Crippen molar-refractivity contribution in [3.8, 4) is 0 Å². The molecule has 1 rings (SSSR count). The number of amides is 1. The Morgan fingerprint density at radius 1 is 1.41 bits per heavy atom. The Kier molecular flexibility index (Phi) is 5.88. The molecular weight excluding hydrogens is 335 g/mol. The maximum absolute atomic E-state index is 11.0. The van der Waals surface area contributed by atoms with Gasteiger partial charge in [0, 0.05) is 0 Å². The molecule has 1 aliphatic rings. The summed E-state index contributed by atoms with van der Waals surface area (Å²) in [5.41, 5.74) is 5.76. The van der Waals surface area contributed by atoms with Crippen molar-refractivity contribution in [1.29, 1.82) is 0 Å². The number of halogens is 1. The summed E-state index contributed by atoms with van der Waals surface area (Å²) in [6.45, 7) is 0.781. The molecule has 0 atom stereocenters. The van der Waals surface area contributed by atoms with E-state index in [4.69, 9.17) is 10.8 Å². The Morgan fingerprint density at radius 2 is 2.18 bits per heavy atom. The van der Waals surface area contributed by atoms with Crippen molar-refractivity contribution in [2.45, 2.75) is 19.3 Å². The van der Waals surface area contributed by atoms with Crippen LogP contribution < -0.4 is 26.9 Å². The van der Waals surface area contributed by atoms with Gasteiger partial charge in [0.25, 0.3) is 0 Å². The normalized spacial score (nSPS) is 15.3. The molecule has 3 N–H and O–H groups in total. The Labute approximate surface area is 110 Å². The molecule has 0 unspecified atom stereocenters. The summed E-state index contributed by atoms with van der Waals surface area (Å²) in [5, 5.41) is 8.50. The van der Waals surface area contributed by atoms with Crippen LogP contribution in [0.4, 0.5) is 0 Å². The second-order valence-electron chi connectivity index (χ2n) is 3.56. The van der Waals surface area contributed by atoms with Crippen molar-refractivity contribution in [2.75, 3.05) is 6.54 Å². The van der Waals surface area contributed by atoms with Gasteiger partial charge in [0.1, 0.15) is 0 Å². The van der Waals surface area contributed by atoms with Crippen LogP contribution in [0.1, 0.15) is 19.3 Å². The van der Waals surface area contributed by atoms with Crippen LogP contribution in [0.3, 0.4) is 0 Å². The van der Waals surface area contributed by atoms with Crippen LogP contribution >= 0.6 is 0 Å². The summed E-state index contributed by atoms with van der Waals surface area (Å²) in [5.74, 6) is -1.16. The van der Waals surface area contributed by atoms with E-state index in [1.807, 2.05) is 14.9 Å². The first-order valence-corrected chi connectivity index (χ1v) is 7.70. The van der Waals surface area contributed by atoms with Gasteiger partial charge in [0.2, 0.25) is 0 Å². The third-order valence-electron chi connectivity index (χ3n) is 2.15. The molecule has 94 valence electrons. The van der Waals surface area contributed by atoms with Crippen LogP contribution in [-0.4, -0.2) is 32.3 Å². The summed E-state index contributed by atoms with van der Waals surface area (Å²) in [6, 6.07) is 0. The third kappa shape index (κ3) is 5.62. The number of carbonyl (C=O) groups is 2. The van der Waals surface area contributed by atoms with E-state index >= 15 is 0 Å². The second kappa shape index (κ2) is 7.21. The molecule has 0 spiro atoms. The van der Waals surface area contributed by atoms with Crippen LogP contribution in [0.5, 0.6) is 0 Å². The van der Waals surface area contributed by atoms with Crippen LogP contribution in [-0.2, 0) is 9.59 Å². The molecule has 5 nitrogen and oxygen atoms in total. The van der Waals surface area contributed by atoms with E-state index in [1.54, 1.807) is 6.08 Å². The molecular formula is C11H15IN2O3. The van der Waals surface area contributed by atoms with Crippen LogP contribution in [0.2, 0.25) is 0 Å². The summed E-state index contributed by atoms with van der Waals surface area (Å²) in [7, 11) is 0. The van der Waals surface area contributed by atoms with Crippen LogP contribution in [0.25, 0.3) is 0 Å². The Morgan fingerprint density at radius 3 is 2.82 bits per heavy atom. The van der Waals surface area contributed by atoms with Gasteiger partial charge in [0.05, 0.1) is 0 Å². The molecule has 1 amide bonds. The average molecular weight is 350 g/mol. The van der Waals surface area contributed by atoms with Gasteiger partial charge in [-0.25, -0.2) is 0 Å². The zero-order valence-electron chi connectivity index (χ0n) is 9.30. The number of hydrogen-bond donors (Lipinski definition) is 2. The van der Waals surface area contributed by atoms with Gasteiger partial charge < -0.3 is 0 Å². The Balaban J connectivity index is 2.37. The molecule has 1 aliphatic heterocycles. The number of hydrogen-bond acceptors (Lipinski definition) is 2. The average Bonchev–Trinajstić information content (AvgIpc) is 2.49. The SMILES string of the molecule is NC(=O)C1=C[I-]C=[N+](CCCCC(=O)O)C=C1. The molecule has 0 saturated carbocycles. The maximum atomic E-state index is 11.0. The molecule has 0 aliphatic carbocycles. The first-order valence-electron chi connectivity index (χ1n) is 5.20. The van der Waals surface area contributed by atoms with Crippen molar-refractivity contribution in [3.63, 3.8) is 0 Å². The van der Waals surface area contributed by atoms with E-state index in [2.05, 4.69) is 4.22 Å². The summed E-state index contributed by atoms with van der Waals surface area (Å²) in [6.07, 6.45) is 5.23. The number of aliphatic carboxylic acids is 1. The van der Waals surface area contributed by atoms with Crippen molar-refractivity contribution >= 4 is 16.1 Å². The molecule has 0 fully saturated rings. The molecule has 0 aromatic rings. The van der Waals surface area contributed by atoms with Gasteiger partial charge in [-0.2, -0.15) is 0 Å². The minimum absolute atomic E-state index is 0.206. The Bertz CT molecular complexity index is 400. The standard InChI is InChI=1S/C11H15IN2O3/c13-11(17)9-4-6-14(8-12-7-9)5-2-1-3-10(15)16/h4,6-8H,1-3,5H2,(H2,13,17)(H,15,16). The third-order valence-corrected chi connectivity index (χ3v) is 4.22. The van der Waals surface area contributed by atoms with Gasteiger partial charge in [-0.05, 0) is 0 Å². The Hall–Kier alpha value is -1.18. The predicted octanol–water partition coefficient (Wildman–Crippen LogP) is -2.73. The summed E-state index contributed by atoms with van der Waals surface area (Å²) >= 11 is -0.303. The molecule has 0 bridgehead atoms. The van der Waals surface area contributed by atoms with E-state index in [1.165, 1.54) is 0 Å². The van der Waals surface area contributed by atoms with E-state index in [0.717, 1.165) is 13.0 Å². The summed E-state index contributed by atoms with van der Waals surface area (Å²) in [4.78, 5) is 21.3. The van der Waals surface area contributed by atoms with Crippen LogP contribution in [0.15, 0.2) is 21.9 Å². The fourth-order valence-electron chi connectivity index (χ4n) is 1.24. The van der Waals surface area contributed by atoms with Crippen molar-refractivity contribution in [1.82, 2.24) is 0 Å². The van der Waals surface area contributed by atoms with Gasteiger partial charge in [0.15, 0.2) is 0 Å².